The van der Waals surface area contributed by atoms with E-state index in [-0.39, 0.29) is 15.3 Å². The molecule has 5 heteroatoms. The third kappa shape index (κ3) is 1.43. The average Bonchev–Trinajstić information content (AvgIpc) is 1.85. The number of carboxylic acids is 1. The van der Waals surface area contributed by atoms with Crippen molar-refractivity contribution in [3.63, 3.8) is 0 Å². The number of hydrogen-bond donors (Lipinski definition) is 2. The lowest BCUT2D eigenvalue weighted by Crippen LogP contribution is -2.34. The number of nitrogens with zero attached hydrogens (tertiary/aromatic N) is 1. The molecule has 0 atom stereocenters. The van der Waals surface area contributed by atoms with Crippen LogP contribution in [0.25, 0.3) is 0 Å². The number of rotatable bonds is 1. The van der Waals surface area contributed by atoms with Crippen LogP contribution in [0, 0.1) is 5.21 Å². The molecular weight excluding hydrogens is 166 g/mol. The monoisotopic (exact) mass is 171 g/mol. The summed E-state index contributed by atoms with van der Waals surface area (Å²) < 4.78 is 0.269. The summed E-state index contributed by atoms with van der Waals surface area (Å²) in [5.41, 5.74) is -0.351. The summed E-state index contributed by atoms with van der Waals surface area (Å²) in [7, 11) is 0. The van der Waals surface area contributed by atoms with Crippen LogP contribution in [-0.4, -0.2) is 11.1 Å². The van der Waals surface area contributed by atoms with E-state index >= 15 is 0 Å². The second-order valence-electron chi connectivity index (χ2n) is 1.87. The van der Waals surface area contributed by atoms with Crippen molar-refractivity contribution in [2.45, 2.75) is 4.90 Å². The van der Waals surface area contributed by atoms with E-state index in [1.54, 1.807) is 0 Å². The van der Waals surface area contributed by atoms with Gasteiger partial charge >= 0.3 is 11.7 Å². The van der Waals surface area contributed by atoms with Gasteiger partial charge in [-0.2, -0.15) is 4.73 Å². The van der Waals surface area contributed by atoms with Crippen molar-refractivity contribution < 1.29 is 14.6 Å². The molecule has 0 aliphatic heterocycles. The Bertz CT molecular complexity index is 280. The number of carboxylic acid groups (broad SMARTS) is 1. The molecule has 0 unspecified atom stereocenters. The first-order chi connectivity index (χ1) is 5.13. The van der Waals surface area contributed by atoms with Crippen LogP contribution in [0.5, 0.6) is 0 Å². The van der Waals surface area contributed by atoms with E-state index in [0.29, 0.717) is 0 Å². The van der Waals surface area contributed by atoms with Gasteiger partial charge in [-0.25, -0.2) is 4.79 Å². The number of pyridine rings is 1. The summed E-state index contributed by atoms with van der Waals surface area (Å²) in [6.07, 6.45) is 1.11. The summed E-state index contributed by atoms with van der Waals surface area (Å²) in [4.78, 5) is 10.5. The van der Waals surface area contributed by atoms with E-state index in [2.05, 4.69) is 12.6 Å². The highest BCUT2D eigenvalue weighted by Crippen LogP contribution is 2.07. The van der Waals surface area contributed by atoms with Gasteiger partial charge in [0.25, 0.3) is 0 Å². The third-order valence-electron chi connectivity index (χ3n) is 1.14. The van der Waals surface area contributed by atoms with Crippen LogP contribution in [0.4, 0.5) is 0 Å². The summed E-state index contributed by atoms with van der Waals surface area (Å²) in [6.45, 7) is 0. The zero-order valence-electron chi connectivity index (χ0n) is 5.39. The molecule has 11 heavy (non-hydrogen) atoms. The molecule has 58 valence electrons. The fourth-order valence-corrected chi connectivity index (χ4v) is 0.963. The zero-order chi connectivity index (χ0) is 8.43. The van der Waals surface area contributed by atoms with Gasteiger partial charge < -0.3 is 10.3 Å². The summed E-state index contributed by atoms with van der Waals surface area (Å²) in [6, 6.07) is 2.88. The lowest BCUT2D eigenvalue weighted by atomic mass is 10.3. The molecule has 1 aromatic heterocycles. The molecule has 0 radical (unpaired) electrons. The highest BCUT2D eigenvalue weighted by Gasteiger charge is 2.17. The fraction of sp³-hybridized carbons (Fsp3) is 0. The minimum absolute atomic E-state index is 0.162. The number of carbonyl (C=O) groups is 1. The maximum Gasteiger partial charge on any atom is 0.403 e. The van der Waals surface area contributed by atoms with Crippen LogP contribution >= 0.6 is 12.6 Å². The number of hydrogen-bond acceptors (Lipinski definition) is 3. The SMILES string of the molecule is O=C(O)c1c(S)ccc[n+]1[O-]. The molecule has 0 saturated heterocycles. The van der Waals surface area contributed by atoms with Gasteiger partial charge in [0, 0.05) is 6.07 Å². The van der Waals surface area contributed by atoms with E-state index in [9.17, 15) is 10.0 Å². The molecule has 0 amide bonds. The smallest absolute Gasteiger partial charge is 0.403 e. The van der Waals surface area contributed by atoms with E-state index in [4.69, 9.17) is 5.11 Å². The Morgan fingerprint density at radius 1 is 1.73 bits per heavy atom. The molecule has 1 aromatic rings. The Kier molecular flexibility index (Phi) is 2.00. The standard InChI is InChI=1S/C6H5NO3S/c8-6(9)5-4(11)2-1-3-7(5)10/h1-3,11H,(H,8,9). The van der Waals surface area contributed by atoms with Gasteiger partial charge in [-0.05, 0) is 6.07 Å². The lowest BCUT2D eigenvalue weighted by Gasteiger charge is -2.00. The molecule has 1 N–H and O–H groups in total. The lowest BCUT2D eigenvalue weighted by molar-refractivity contribution is -0.610. The van der Waals surface area contributed by atoms with Crippen molar-refractivity contribution in [3.8, 4) is 0 Å². The van der Waals surface area contributed by atoms with Gasteiger partial charge in [-0.3, -0.25) is 0 Å². The van der Waals surface area contributed by atoms with Crippen LogP contribution in [-0.2, 0) is 0 Å². The van der Waals surface area contributed by atoms with Gasteiger partial charge in [0.05, 0.1) is 4.90 Å². The number of aromatic nitrogens is 1. The van der Waals surface area contributed by atoms with Crippen LogP contribution in [0.2, 0.25) is 0 Å². The minimum atomic E-state index is -1.27. The maximum atomic E-state index is 10.8. The molecule has 4 nitrogen and oxygen atoms in total. The van der Waals surface area contributed by atoms with Crippen LogP contribution in [0.1, 0.15) is 10.5 Å². The van der Waals surface area contributed by atoms with Gasteiger partial charge in [-0.1, -0.05) is 0 Å². The van der Waals surface area contributed by atoms with Crippen molar-refractivity contribution in [2.75, 3.05) is 0 Å². The van der Waals surface area contributed by atoms with Crippen LogP contribution < -0.4 is 4.73 Å². The van der Waals surface area contributed by atoms with Crippen molar-refractivity contribution in [2.24, 2.45) is 0 Å². The molecule has 0 aromatic carbocycles. The molecular formula is C6H5NO3S. The van der Waals surface area contributed by atoms with Gasteiger partial charge in [0.2, 0.25) is 0 Å². The van der Waals surface area contributed by atoms with Gasteiger partial charge in [0.1, 0.15) is 0 Å². The zero-order valence-corrected chi connectivity index (χ0v) is 6.28. The normalized spacial score (nSPS) is 9.55. The molecule has 1 heterocycles. The van der Waals surface area contributed by atoms with E-state index in [0.717, 1.165) is 6.20 Å². The summed E-state index contributed by atoms with van der Waals surface area (Å²) in [5, 5.41) is 19.2. The Balaban J connectivity index is 3.32. The van der Waals surface area contributed by atoms with Crippen molar-refractivity contribution in [1.82, 2.24) is 0 Å². The topological polar surface area (TPSA) is 64.2 Å². The van der Waals surface area contributed by atoms with Crippen molar-refractivity contribution >= 4 is 18.6 Å². The predicted octanol–water partition coefficient (Wildman–Crippen LogP) is 0.307. The first-order valence-corrected chi connectivity index (χ1v) is 3.22. The Labute approximate surface area is 68.1 Å². The number of aromatic carboxylic acids is 1. The molecule has 0 aliphatic carbocycles. The second kappa shape index (κ2) is 2.79. The Morgan fingerprint density at radius 3 is 2.73 bits per heavy atom. The van der Waals surface area contributed by atoms with Gasteiger partial charge in [-0.15, -0.1) is 12.6 Å². The molecule has 0 bridgehead atoms. The van der Waals surface area contributed by atoms with Crippen molar-refractivity contribution in [3.05, 3.63) is 29.2 Å². The van der Waals surface area contributed by atoms with Crippen molar-refractivity contribution in [1.29, 1.82) is 0 Å². The Morgan fingerprint density at radius 2 is 2.36 bits per heavy atom. The second-order valence-corrected chi connectivity index (χ2v) is 2.35. The number of thiol groups is 1. The maximum absolute atomic E-state index is 10.8. The van der Waals surface area contributed by atoms with Crippen LogP contribution in [0.15, 0.2) is 23.2 Å². The first-order valence-electron chi connectivity index (χ1n) is 2.77. The van der Waals surface area contributed by atoms with E-state index < -0.39 is 5.97 Å². The molecule has 0 saturated carbocycles. The van der Waals surface area contributed by atoms with Crippen LogP contribution in [0.3, 0.4) is 0 Å². The summed E-state index contributed by atoms with van der Waals surface area (Å²) >= 11 is 3.81. The highest BCUT2D eigenvalue weighted by atomic mass is 32.1. The molecule has 0 fully saturated rings. The molecule has 1 rings (SSSR count). The minimum Gasteiger partial charge on any atom is -0.618 e. The first kappa shape index (κ1) is 7.87. The Hall–Kier alpha value is -1.23. The van der Waals surface area contributed by atoms with E-state index in [1.165, 1.54) is 12.1 Å². The quantitative estimate of drug-likeness (QED) is 0.363. The molecule has 0 spiro atoms. The van der Waals surface area contributed by atoms with Gasteiger partial charge in [0.15, 0.2) is 6.20 Å². The average molecular weight is 171 g/mol. The largest absolute Gasteiger partial charge is 0.618 e. The predicted molar refractivity (Wildman–Crippen MR) is 39.6 cm³/mol. The third-order valence-corrected chi connectivity index (χ3v) is 1.50. The van der Waals surface area contributed by atoms with E-state index in [1.807, 2.05) is 0 Å². The highest BCUT2D eigenvalue weighted by molar-refractivity contribution is 7.80. The fourth-order valence-electron chi connectivity index (χ4n) is 0.683. The summed E-state index contributed by atoms with van der Waals surface area (Å²) in [5.74, 6) is -1.27. The molecule has 0 aliphatic rings.